The maximum absolute atomic E-state index is 12.9. The second kappa shape index (κ2) is 7.90. The van der Waals surface area contributed by atoms with Crippen molar-refractivity contribution in [3.05, 3.63) is 53.3 Å². The highest BCUT2D eigenvalue weighted by Gasteiger charge is 2.19. The summed E-state index contributed by atoms with van der Waals surface area (Å²) in [6.07, 6.45) is 4.16. The molecular weight excluding hydrogens is 322 g/mol. The van der Waals surface area contributed by atoms with Gasteiger partial charge in [0, 0.05) is 30.7 Å². The number of hydrogen-bond donors (Lipinski definition) is 1. The largest absolute Gasteiger partial charge is 0.371 e. The van der Waals surface area contributed by atoms with Crippen LogP contribution in [0.1, 0.15) is 74.0 Å². The predicted octanol–water partition coefficient (Wildman–Crippen LogP) is 5.18. The van der Waals surface area contributed by atoms with Crippen LogP contribution in [0.5, 0.6) is 0 Å². The van der Waals surface area contributed by atoms with E-state index in [4.69, 9.17) is 0 Å². The smallest absolute Gasteiger partial charge is 0.274 e. The maximum Gasteiger partial charge on any atom is 0.274 e. The molecule has 0 atom stereocenters. The first-order valence-corrected chi connectivity index (χ1v) is 9.62. The molecule has 1 aliphatic rings. The quantitative estimate of drug-likeness (QED) is 0.807. The molecule has 0 bridgehead atoms. The first kappa shape index (κ1) is 18.4. The first-order valence-electron chi connectivity index (χ1n) is 9.62. The van der Waals surface area contributed by atoms with Crippen molar-refractivity contribution < 1.29 is 4.79 Å². The molecule has 138 valence electrons. The van der Waals surface area contributed by atoms with Crippen molar-refractivity contribution in [1.29, 1.82) is 0 Å². The molecule has 1 aromatic heterocycles. The highest BCUT2D eigenvalue weighted by molar-refractivity contribution is 6.04. The molecule has 0 spiro atoms. The molecule has 1 amide bonds. The lowest BCUT2D eigenvalue weighted by Crippen LogP contribution is -2.20. The number of benzene rings is 1. The fourth-order valence-corrected chi connectivity index (χ4v) is 3.59. The van der Waals surface area contributed by atoms with Crippen LogP contribution in [0, 0.1) is 0 Å². The van der Waals surface area contributed by atoms with E-state index < -0.39 is 0 Å². The molecule has 0 radical (unpaired) electrons. The van der Waals surface area contributed by atoms with Gasteiger partial charge in [0.05, 0.1) is 0 Å². The average Bonchev–Trinajstić information content (AvgIpc) is 3.16. The Hall–Kier alpha value is -2.36. The van der Waals surface area contributed by atoms with E-state index in [1.54, 1.807) is 6.20 Å². The molecule has 0 unspecified atom stereocenters. The molecule has 1 fully saturated rings. The van der Waals surface area contributed by atoms with Gasteiger partial charge in [-0.25, -0.2) is 0 Å². The molecule has 0 aliphatic carbocycles. The normalized spacial score (nSPS) is 14.3. The summed E-state index contributed by atoms with van der Waals surface area (Å²) in [5.41, 5.74) is 4.84. The van der Waals surface area contributed by atoms with Crippen LogP contribution in [0.4, 0.5) is 11.4 Å². The van der Waals surface area contributed by atoms with Crippen molar-refractivity contribution in [3.8, 4) is 0 Å². The summed E-state index contributed by atoms with van der Waals surface area (Å²) in [5.74, 6) is 0.543. The van der Waals surface area contributed by atoms with Crippen LogP contribution >= 0.6 is 0 Å². The third kappa shape index (κ3) is 3.90. The van der Waals surface area contributed by atoms with Crippen LogP contribution in [0.3, 0.4) is 0 Å². The van der Waals surface area contributed by atoms with Gasteiger partial charge in [-0.05, 0) is 47.9 Å². The Morgan fingerprint density at radius 2 is 1.65 bits per heavy atom. The van der Waals surface area contributed by atoms with Crippen LogP contribution in [-0.2, 0) is 0 Å². The van der Waals surface area contributed by atoms with Crippen molar-refractivity contribution in [2.45, 2.75) is 52.4 Å². The van der Waals surface area contributed by atoms with Gasteiger partial charge >= 0.3 is 0 Å². The minimum atomic E-state index is -0.138. The van der Waals surface area contributed by atoms with Crippen molar-refractivity contribution in [2.24, 2.45) is 0 Å². The van der Waals surface area contributed by atoms with Crippen molar-refractivity contribution in [3.63, 3.8) is 0 Å². The topological polar surface area (TPSA) is 45.2 Å². The molecule has 26 heavy (non-hydrogen) atoms. The standard InChI is InChI=1S/C22H29N3O/c1-15(2)18-8-7-9-19(16(3)4)21(18)24-22(26)20-14-17(10-11-23-20)25-12-5-6-13-25/h7-11,14-16H,5-6,12-13H2,1-4H3,(H,24,26). The van der Waals surface area contributed by atoms with E-state index in [0.717, 1.165) is 24.5 Å². The Kier molecular flexibility index (Phi) is 5.60. The van der Waals surface area contributed by atoms with Gasteiger partial charge in [-0.15, -0.1) is 0 Å². The van der Waals surface area contributed by atoms with E-state index in [2.05, 4.69) is 61.1 Å². The van der Waals surface area contributed by atoms with Gasteiger partial charge < -0.3 is 10.2 Å². The third-order valence-corrected chi connectivity index (χ3v) is 5.06. The molecular formula is C22H29N3O. The summed E-state index contributed by atoms with van der Waals surface area (Å²) < 4.78 is 0. The molecule has 4 nitrogen and oxygen atoms in total. The number of carbonyl (C=O) groups excluding carboxylic acids is 1. The third-order valence-electron chi connectivity index (χ3n) is 5.06. The first-order chi connectivity index (χ1) is 12.5. The molecule has 1 N–H and O–H groups in total. The second-order valence-electron chi connectivity index (χ2n) is 7.67. The summed E-state index contributed by atoms with van der Waals surface area (Å²) in [4.78, 5) is 19.6. The van der Waals surface area contributed by atoms with E-state index in [9.17, 15) is 4.79 Å². The second-order valence-corrected chi connectivity index (χ2v) is 7.67. The Labute approximate surface area is 156 Å². The number of anilines is 2. The lowest BCUT2D eigenvalue weighted by Gasteiger charge is -2.21. The zero-order chi connectivity index (χ0) is 18.7. The number of carbonyl (C=O) groups is 1. The van der Waals surface area contributed by atoms with E-state index in [1.165, 1.54) is 24.0 Å². The summed E-state index contributed by atoms with van der Waals surface area (Å²) in [6.45, 7) is 10.7. The summed E-state index contributed by atoms with van der Waals surface area (Å²) in [7, 11) is 0. The molecule has 3 rings (SSSR count). The minimum absolute atomic E-state index is 0.138. The molecule has 4 heteroatoms. The number of pyridine rings is 1. The van der Waals surface area contributed by atoms with E-state index in [-0.39, 0.29) is 5.91 Å². The number of nitrogens with zero attached hydrogens (tertiary/aromatic N) is 2. The number of hydrogen-bond acceptors (Lipinski definition) is 3. The van der Waals surface area contributed by atoms with Crippen LogP contribution in [-0.4, -0.2) is 24.0 Å². The monoisotopic (exact) mass is 351 g/mol. The zero-order valence-electron chi connectivity index (χ0n) is 16.2. The molecule has 1 aromatic carbocycles. The average molecular weight is 351 g/mol. The van der Waals surface area contributed by atoms with Gasteiger partial charge in [-0.3, -0.25) is 9.78 Å². The van der Waals surface area contributed by atoms with Crippen LogP contribution in [0.15, 0.2) is 36.5 Å². The fraction of sp³-hybridized carbons (Fsp3) is 0.455. The SMILES string of the molecule is CC(C)c1cccc(C(C)C)c1NC(=O)c1cc(N2CCCC2)ccn1. The number of rotatable bonds is 5. The van der Waals surface area contributed by atoms with Gasteiger partial charge in [0.1, 0.15) is 5.69 Å². The highest BCUT2D eigenvalue weighted by Crippen LogP contribution is 2.32. The Bertz CT molecular complexity index is 750. The van der Waals surface area contributed by atoms with Crippen LogP contribution < -0.4 is 10.2 Å². The van der Waals surface area contributed by atoms with Gasteiger partial charge in [-0.2, -0.15) is 0 Å². The number of nitrogens with one attached hydrogen (secondary N) is 1. The maximum atomic E-state index is 12.9. The van der Waals surface area contributed by atoms with Crippen LogP contribution in [0.2, 0.25) is 0 Å². The number of amides is 1. The molecule has 1 saturated heterocycles. The molecule has 2 aromatic rings. The minimum Gasteiger partial charge on any atom is -0.371 e. The van der Waals surface area contributed by atoms with Gasteiger partial charge in [0.15, 0.2) is 0 Å². The van der Waals surface area contributed by atoms with Gasteiger partial charge in [-0.1, -0.05) is 45.9 Å². The highest BCUT2D eigenvalue weighted by atomic mass is 16.1. The lowest BCUT2D eigenvalue weighted by atomic mass is 9.92. The summed E-state index contributed by atoms with van der Waals surface area (Å²) in [5, 5.41) is 3.16. The predicted molar refractivity (Wildman–Crippen MR) is 108 cm³/mol. The Morgan fingerprint density at radius 3 is 2.23 bits per heavy atom. The van der Waals surface area contributed by atoms with E-state index in [0.29, 0.717) is 17.5 Å². The number of para-hydroxylation sites is 1. The molecule has 1 aliphatic heterocycles. The van der Waals surface area contributed by atoms with E-state index >= 15 is 0 Å². The summed E-state index contributed by atoms with van der Waals surface area (Å²) >= 11 is 0. The van der Waals surface area contributed by atoms with E-state index in [1.807, 2.05) is 12.1 Å². The van der Waals surface area contributed by atoms with Crippen molar-refractivity contribution in [1.82, 2.24) is 4.98 Å². The van der Waals surface area contributed by atoms with Crippen molar-refractivity contribution >= 4 is 17.3 Å². The number of aromatic nitrogens is 1. The van der Waals surface area contributed by atoms with Crippen LogP contribution in [0.25, 0.3) is 0 Å². The Morgan fingerprint density at radius 1 is 1.04 bits per heavy atom. The summed E-state index contributed by atoms with van der Waals surface area (Å²) in [6, 6.07) is 10.2. The molecule has 2 heterocycles. The Balaban J connectivity index is 1.89. The lowest BCUT2D eigenvalue weighted by molar-refractivity contribution is 0.102. The van der Waals surface area contributed by atoms with Crippen molar-refractivity contribution in [2.75, 3.05) is 23.3 Å². The fourth-order valence-electron chi connectivity index (χ4n) is 3.59. The molecule has 0 saturated carbocycles. The zero-order valence-corrected chi connectivity index (χ0v) is 16.2. The van der Waals surface area contributed by atoms with Gasteiger partial charge in [0.2, 0.25) is 0 Å². The van der Waals surface area contributed by atoms with Gasteiger partial charge in [0.25, 0.3) is 5.91 Å².